The Morgan fingerprint density at radius 3 is 2.52 bits per heavy atom. The third-order valence-corrected chi connectivity index (χ3v) is 4.07. The molecule has 0 unspecified atom stereocenters. The van der Waals surface area contributed by atoms with Gasteiger partial charge in [-0.05, 0) is 23.3 Å². The molecule has 4 nitrogen and oxygen atoms in total. The Hall–Kier alpha value is -2.27. The van der Waals surface area contributed by atoms with E-state index in [1.165, 1.54) is 0 Å². The van der Waals surface area contributed by atoms with Crippen LogP contribution < -0.4 is 0 Å². The molecule has 3 rings (SSSR count). The molecule has 0 aliphatic rings. The van der Waals surface area contributed by atoms with Crippen LogP contribution in [-0.2, 0) is 17.0 Å². The summed E-state index contributed by atoms with van der Waals surface area (Å²) >= 11 is 1.64. The van der Waals surface area contributed by atoms with Crippen LogP contribution in [0.2, 0.25) is 0 Å². The van der Waals surface area contributed by atoms with Gasteiger partial charge < -0.3 is 10.1 Å². The number of nitrogens with zero attached hydrogens (tertiary/aromatic N) is 1. The maximum absolute atomic E-state index is 10.6. The Balaban J connectivity index is 1.65. The van der Waals surface area contributed by atoms with Crippen molar-refractivity contribution in [2.45, 2.75) is 17.3 Å². The predicted molar refractivity (Wildman–Crippen MR) is 83.4 cm³/mol. The van der Waals surface area contributed by atoms with Gasteiger partial charge in [-0.15, -0.1) is 0 Å². The molecule has 0 aliphatic carbocycles. The number of aromatic amines is 1. The van der Waals surface area contributed by atoms with Gasteiger partial charge >= 0.3 is 5.97 Å². The van der Waals surface area contributed by atoms with E-state index in [0.717, 1.165) is 33.1 Å². The first kappa shape index (κ1) is 13.7. The molecule has 1 aromatic heterocycles. The molecule has 5 heteroatoms. The number of benzene rings is 2. The van der Waals surface area contributed by atoms with Crippen molar-refractivity contribution in [1.29, 1.82) is 0 Å². The first-order valence-electron chi connectivity index (χ1n) is 6.58. The van der Waals surface area contributed by atoms with Gasteiger partial charge in [0.2, 0.25) is 0 Å². The van der Waals surface area contributed by atoms with Crippen LogP contribution in [0.3, 0.4) is 0 Å². The zero-order valence-electron chi connectivity index (χ0n) is 11.2. The van der Waals surface area contributed by atoms with Crippen molar-refractivity contribution in [2.24, 2.45) is 0 Å². The second kappa shape index (κ2) is 6.01. The zero-order chi connectivity index (χ0) is 14.7. The summed E-state index contributed by atoms with van der Waals surface area (Å²) in [4.78, 5) is 18.4. The van der Waals surface area contributed by atoms with Crippen LogP contribution in [0, 0.1) is 0 Å². The molecule has 0 spiro atoms. The minimum Gasteiger partial charge on any atom is -0.481 e. The molecule has 1 heterocycles. The maximum Gasteiger partial charge on any atom is 0.307 e. The van der Waals surface area contributed by atoms with Crippen molar-refractivity contribution < 1.29 is 9.90 Å². The molecule has 2 aromatic carbocycles. The lowest BCUT2D eigenvalue weighted by Crippen LogP contribution is -1.99. The Morgan fingerprint density at radius 1 is 1.10 bits per heavy atom. The van der Waals surface area contributed by atoms with E-state index in [-0.39, 0.29) is 6.42 Å². The quantitative estimate of drug-likeness (QED) is 0.708. The van der Waals surface area contributed by atoms with E-state index >= 15 is 0 Å². The molecule has 0 amide bonds. The lowest BCUT2D eigenvalue weighted by molar-refractivity contribution is -0.136. The van der Waals surface area contributed by atoms with E-state index < -0.39 is 5.97 Å². The second-order valence-electron chi connectivity index (χ2n) is 4.73. The summed E-state index contributed by atoms with van der Waals surface area (Å²) in [6.07, 6.45) is 0.0665. The monoisotopic (exact) mass is 298 g/mol. The van der Waals surface area contributed by atoms with Crippen LogP contribution >= 0.6 is 11.8 Å². The minimum atomic E-state index is -0.806. The van der Waals surface area contributed by atoms with Crippen LogP contribution in [0.15, 0.2) is 53.7 Å². The fourth-order valence-corrected chi connectivity index (χ4v) is 2.92. The number of carboxylic acids is 1. The second-order valence-corrected chi connectivity index (χ2v) is 5.70. The van der Waals surface area contributed by atoms with Crippen LogP contribution in [0.5, 0.6) is 0 Å². The molecule has 0 fully saturated rings. The fourth-order valence-electron chi connectivity index (χ4n) is 2.08. The Labute approximate surface area is 126 Å². The Bertz CT molecular complexity index is 732. The van der Waals surface area contributed by atoms with E-state index in [4.69, 9.17) is 5.11 Å². The molecular weight excluding hydrogens is 284 g/mol. The lowest BCUT2D eigenvalue weighted by atomic mass is 10.1. The predicted octanol–water partition coefficient (Wildman–Crippen LogP) is 3.48. The average Bonchev–Trinajstić information content (AvgIpc) is 2.89. The highest BCUT2D eigenvalue weighted by Gasteiger charge is 2.04. The molecule has 2 N–H and O–H groups in total. The average molecular weight is 298 g/mol. The number of aliphatic carboxylic acids is 1. The number of H-pyrrole nitrogens is 1. The highest BCUT2D eigenvalue weighted by Crippen LogP contribution is 2.23. The number of nitrogens with one attached hydrogen (secondary N) is 1. The van der Waals surface area contributed by atoms with E-state index in [1.54, 1.807) is 11.8 Å². The number of thioether (sulfide) groups is 1. The number of carboxylic acid groups (broad SMARTS) is 1. The summed E-state index contributed by atoms with van der Waals surface area (Å²) < 4.78 is 0. The highest BCUT2D eigenvalue weighted by molar-refractivity contribution is 7.98. The number of hydrogen-bond acceptors (Lipinski definition) is 3. The van der Waals surface area contributed by atoms with Gasteiger partial charge in [0.05, 0.1) is 17.5 Å². The van der Waals surface area contributed by atoms with Crippen molar-refractivity contribution in [3.05, 3.63) is 59.7 Å². The van der Waals surface area contributed by atoms with Crippen molar-refractivity contribution in [3.63, 3.8) is 0 Å². The highest BCUT2D eigenvalue weighted by atomic mass is 32.2. The number of carbonyl (C=O) groups is 1. The molecule has 0 aliphatic heterocycles. The summed E-state index contributed by atoms with van der Waals surface area (Å²) in [5.41, 5.74) is 3.98. The van der Waals surface area contributed by atoms with Crippen LogP contribution in [0.25, 0.3) is 11.0 Å². The number of para-hydroxylation sites is 2. The first-order chi connectivity index (χ1) is 10.2. The molecule has 3 aromatic rings. The van der Waals surface area contributed by atoms with Gasteiger partial charge in [0.25, 0.3) is 0 Å². The van der Waals surface area contributed by atoms with E-state index in [1.807, 2.05) is 48.5 Å². The molecular formula is C16H14N2O2S. The SMILES string of the molecule is O=C(O)Cc1ccc(CSc2nc3ccccc3[nH]2)cc1. The van der Waals surface area contributed by atoms with Crippen LogP contribution in [-0.4, -0.2) is 21.0 Å². The van der Waals surface area contributed by atoms with Crippen LogP contribution in [0.1, 0.15) is 11.1 Å². The third kappa shape index (κ3) is 3.44. The topological polar surface area (TPSA) is 66.0 Å². The fraction of sp³-hybridized carbons (Fsp3) is 0.125. The van der Waals surface area contributed by atoms with Crippen molar-refractivity contribution in [3.8, 4) is 0 Å². The number of aromatic nitrogens is 2. The van der Waals surface area contributed by atoms with Gasteiger partial charge in [-0.25, -0.2) is 4.98 Å². The van der Waals surface area contributed by atoms with Crippen molar-refractivity contribution in [1.82, 2.24) is 9.97 Å². The Kier molecular flexibility index (Phi) is 3.92. The molecule has 21 heavy (non-hydrogen) atoms. The standard InChI is InChI=1S/C16H14N2O2S/c19-15(20)9-11-5-7-12(8-6-11)10-21-16-17-13-3-1-2-4-14(13)18-16/h1-8H,9-10H2,(H,17,18)(H,19,20). The Morgan fingerprint density at radius 2 is 1.81 bits per heavy atom. The van der Waals surface area contributed by atoms with E-state index in [2.05, 4.69) is 9.97 Å². The number of imidazole rings is 1. The number of hydrogen-bond donors (Lipinski definition) is 2. The molecule has 0 saturated heterocycles. The summed E-state index contributed by atoms with van der Waals surface area (Å²) in [5, 5.41) is 9.64. The largest absolute Gasteiger partial charge is 0.481 e. The molecule has 0 saturated carbocycles. The molecule has 106 valence electrons. The summed E-state index contributed by atoms with van der Waals surface area (Å²) in [7, 11) is 0. The lowest BCUT2D eigenvalue weighted by Gasteiger charge is -2.01. The molecule has 0 atom stereocenters. The molecule has 0 bridgehead atoms. The molecule has 0 radical (unpaired) electrons. The van der Waals surface area contributed by atoms with Crippen molar-refractivity contribution >= 4 is 28.8 Å². The smallest absolute Gasteiger partial charge is 0.307 e. The van der Waals surface area contributed by atoms with Gasteiger partial charge in [-0.3, -0.25) is 4.79 Å². The van der Waals surface area contributed by atoms with E-state index in [0.29, 0.717) is 0 Å². The third-order valence-electron chi connectivity index (χ3n) is 3.12. The summed E-state index contributed by atoms with van der Waals surface area (Å²) in [6, 6.07) is 15.6. The van der Waals surface area contributed by atoms with Gasteiger partial charge in [0, 0.05) is 5.75 Å². The van der Waals surface area contributed by atoms with Gasteiger partial charge in [-0.1, -0.05) is 48.2 Å². The van der Waals surface area contributed by atoms with E-state index in [9.17, 15) is 4.79 Å². The number of fused-ring (bicyclic) bond motifs is 1. The normalized spacial score (nSPS) is 10.9. The van der Waals surface area contributed by atoms with Gasteiger partial charge in [0.1, 0.15) is 0 Å². The number of rotatable bonds is 5. The first-order valence-corrected chi connectivity index (χ1v) is 7.56. The maximum atomic E-state index is 10.6. The van der Waals surface area contributed by atoms with Gasteiger partial charge in [-0.2, -0.15) is 0 Å². The van der Waals surface area contributed by atoms with Crippen LogP contribution in [0.4, 0.5) is 0 Å². The van der Waals surface area contributed by atoms with Gasteiger partial charge in [0.15, 0.2) is 5.16 Å². The zero-order valence-corrected chi connectivity index (χ0v) is 12.1. The summed E-state index contributed by atoms with van der Waals surface area (Å²) in [5.74, 6) is -0.00733. The van der Waals surface area contributed by atoms with Crippen molar-refractivity contribution in [2.75, 3.05) is 0 Å². The summed E-state index contributed by atoms with van der Waals surface area (Å²) in [6.45, 7) is 0. The minimum absolute atomic E-state index is 0.0665.